The summed E-state index contributed by atoms with van der Waals surface area (Å²) in [6, 6.07) is 7.80. The first-order chi connectivity index (χ1) is 5.77. The molecule has 1 heterocycles. The molecule has 62 valence electrons. The highest BCUT2D eigenvalue weighted by molar-refractivity contribution is 5.96. The van der Waals surface area contributed by atoms with E-state index in [2.05, 4.69) is 4.99 Å². The van der Waals surface area contributed by atoms with Gasteiger partial charge in [0.1, 0.15) is 6.17 Å². The number of halogens is 1. The minimum atomic E-state index is -0.919. The van der Waals surface area contributed by atoms with Crippen LogP contribution in [0.4, 0.5) is 10.1 Å². The van der Waals surface area contributed by atoms with E-state index in [1.807, 2.05) is 24.3 Å². The first-order valence-electron chi connectivity index (χ1n) is 4.07. The minimum Gasteiger partial charge on any atom is -0.254 e. The predicted octanol–water partition coefficient (Wildman–Crippen LogP) is 2.67. The molecule has 0 saturated heterocycles. The minimum absolute atomic E-state index is 0.649. The lowest BCUT2D eigenvalue weighted by molar-refractivity contribution is 0.452. The Morgan fingerprint density at radius 1 is 1.42 bits per heavy atom. The van der Waals surface area contributed by atoms with Crippen molar-refractivity contribution in [3.63, 3.8) is 0 Å². The van der Waals surface area contributed by atoms with E-state index in [9.17, 15) is 4.39 Å². The van der Waals surface area contributed by atoms with Crippen LogP contribution in [0.1, 0.15) is 12.5 Å². The van der Waals surface area contributed by atoms with E-state index < -0.39 is 6.17 Å². The third-order valence-corrected chi connectivity index (χ3v) is 2.09. The molecule has 1 nitrogen and oxygen atoms in total. The zero-order chi connectivity index (χ0) is 8.55. The normalized spacial score (nSPS) is 17.0. The molecular formula is C10H10FN. The molecule has 0 amide bonds. The molecule has 12 heavy (non-hydrogen) atoms. The zero-order valence-corrected chi connectivity index (χ0v) is 6.92. The number of nitrogens with zero attached hydrogens (tertiary/aromatic N) is 1. The van der Waals surface area contributed by atoms with Gasteiger partial charge in [-0.15, -0.1) is 0 Å². The van der Waals surface area contributed by atoms with Gasteiger partial charge in [0.15, 0.2) is 0 Å². The van der Waals surface area contributed by atoms with Crippen LogP contribution in [0.25, 0.3) is 0 Å². The Kier molecular flexibility index (Phi) is 1.68. The van der Waals surface area contributed by atoms with Gasteiger partial charge in [-0.2, -0.15) is 0 Å². The molecule has 0 saturated carbocycles. The van der Waals surface area contributed by atoms with E-state index in [4.69, 9.17) is 0 Å². The molecule has 0 fully saturated rings. The number of hydrogen-bond donors (Lipinski definition) is 0. The van der Waals surface area contributed by atoms with Gasteiger partial charge in [-0.05, 0) is 18.6 Å². The highest BCUT2D eigenvalue weighted by atomic mass is 19.1. The van der Waals surface area contributed by atoms with E-state index in [-0.39, 0.29) is 0 Å². The Morgan fingerprint density at radius 3 is 2.83 bits per heavy atom. The fourth-order valence-electron chi connectivity index (χ4n) is 1.39. The lowest BCUT2D eigenvalue weighted by Gasteiger charge is -1.97. The fraction of sp³-hybridized carbons (Fsp3) is 0.300. The van der Waals surface area contributed by atoms with Gasteiger partial charge in [0.25, 0.3) is 0 Å². The SMILES string of the molecule is CC(F)C1=Nc2ccccc2C1. The van der Waals surface area contributed by atoms with E-state index in [0.29, 0.717) is 12.1 Å². The fourth-order valence-corrected chi connectivity index (χ4v) is 1.39. The molecule has 0 aromatic heterocycles. The van der Waals surface area contributed by atoms with Crippen LogP contribution in [-0.2, 0) is 6.42 Å². The molecule has 0 spiro atoms. The van der Waals surface area contributed by atoms with Gasteiger partial charge in [-0.3, -0.25) is 4.99 Å². The summed E-state index contributed by atoms with van der Waals surface area (Å²) in [5.74, 6) is 0. The van der Waals surface area contributed by atoms with Gasteiger partial charge >= 0.3 is 0 Å². The van der Waals surface area contributed by atoms with Crippen LogP contribution < -0.4 is 0 Å². The summed E-state index contributed by atoms with van der Waals surface area (Å²) < 4.78 is 12.8. The maximum atomic E-state index is 12.8. The van der Waals surface area contributed by atoms with Crippen molar-refractivity contribution in [1.82, 2.24) is 0 Å². The van der Waals surface area contributed by atoms with E-state index in [1.54, 1.807) is 0 Å². The Morgan fingerprint density at radius 2 is 2.17 bits per heavy atom. The molecule has 1 aliphatic heterocycles. The molecule has 1 aliphatic rings. The number of benzene rings is 1. The maximum Gasteiger partial charge on any atom is 0.136 e. The van der Waals surface area contributed by atoms with Crippen molar-refractivity contribution >= 4 is 11.4 Å². The highest BCUT2D eigenvalue weighted by Gasteiger charge is 2.17. The number of hydrogen-bond acceptors (Lipinski definition) is 1. The van der Waals surface area contributed by atoms with E-state index in [1.165, 1.54) is 6.92 Å². The third kappa shape index (κ3) is 1.13. The van der Waals surface area contributed by atoms with Crippen LogP contribution in [0.15, 0.2) is 29.3 Å². The summed E-state index contributed by atoms with van der Waals surface area (Å²) in [5, 5.41) is 0. The predicted molar refractivity (Wildman–Crippen MR) is 47.8 cm³/mol. The molecule has 1 aromatic rings. The van der Waals surface area contributed by atoms with Crippen molar-refractivity contribution in [3.05, 3.63) is 29.8 Å². The maximum absolute atomic E-state index is 12.8. The summed E-state index contributed by atoms with van der Waals surface area (Å²) in [7, 11) is 0. The third-order valence-electron chi connectivity index (χ3n) is 2.09. The summed E-state index contributed by atoms with van der Waals surface area (Å²) in [4.78, 5) is 4.19. The first kappa shape index (κ1) is 7.47. The van der Waals surface area contributed by atoms with Gasteiger partial charge in [-0.25, -0.2) is 4.39 Å². The van der Waals surface area contributed by atoms with Gasteiger partial charge in [0.2, 0.25) is 0 Å². The van der Waals surface area contributed by atoms with Crippen LogP contribution >= 0.6 is 0 Å². The monoisotopic (exact) mass is 163 g/mol. The topological polar surface area (TPSA) is 12.4 Å². The molecular weight excluding hydrogens is 153 g/mol. The van der Waals surface area contributed by atoms with Crippen molar-refractivity contribution in [1.29, 1.82) is 0 Å². The molecule has 0 aliphatic carbocycles. The summed E-state index contributed by atoms with van der Waals surface area (Å²) in [6.45, 7) is 1.53. The molecule has 0 radical (unpaired) electrons. The molecule has 2 heteroatoms. The molecule has 0 N–H and O–H groups in total. The number of aliphatic imine (C=N–C) groups is 1. The van der Waals surface area contributed by atoms with Gasteiger partial charge in [-0.1, -0.05) is 18.2 Å². The lowest BCUT2D eigenvalue weighted by atomic mass is 10.1. The zero-order valence-electron chi connectivity index (χ0n) is 6.92. The van der Waals surface area contributed by atoms with Crippen molar-refractivity contribution in [2.45, 2.75) is 19.5 Å². The average molecular weight is 163 g/mol. The summed E-state index contributed by atoms with van der Waals surface area (Å²) >= 11 is 0. The standard InChI is InChI=1S/C10H10FN/c1-7(11)10-6-8-4-2-3-5-9(8)12-10/h2-5,7H,6H2,1H3. The highest BCUT2D eigenvalue weighted by Crippen LogP contribution is 2.27. The van der Waals surface area contributed by atoms with Gasteiger partial charge in [0.05, 0.1) is 11.4 Å². The summed E-state index contributed by atoms with van der Waals surface area (Å²) in [5.41, 5.74) is 2.71. The van der Waals surface area contributed by atoms with Gasteiger partial charge < -0.3 is 0 Å². The largest absolute Gasteiger partial charge is 0.254 e. The van der Waals surface area contributed by atoms with Crippen LogP contribution in [0.3, 0.4) is 0 Å². The smallest absolute Gasteiger partial charge is 0.136 e. The Hall–Kier alpha value is -1.18. The first-order valence-corrected chi connectivity index (χ1v) is 4.07. The second kappa shape index (κ2) is 2.70. The summed E-state index contributed by atoms with van der Waals surface area (Å²) in [6.07, 6.45) is -0.245. The van der Waals surface area contributed by atoms with Crippen LogP contribution in [-0.4, -0.2) is 11.9 Å². The number of alkyl halides is 1. The number of fused-ring (bicyclic) bond motifs is 1. The Balaban J connectivity index is 2.35. The quantitative estimate of drug-likeness (QED) is 0.603. The van der Waals surface area contributed by atoms with E-state index >= 15 is 0 Å². The van der Waals surface area contributed by atoms with E-state index in [0.717, 1.165) is 11.3 Å². The van der Waals surface area contributed by atoms with Crippen molar-refractivity contribution < 1.29 is 4.39 Å². The molecule has 1 unspecified atom stereocenters. The lowest BCUT2D eigenvalue weighted by Crippen LogP contribution is -2.10. The molecule has 0 bridgehead atoms. The molecule has 2 rings (SSSR count). The second-order valence-electron chi connectivity index (χ2n) is 3.02. The van der Waals surface area contributed by atoms with Crippen LogP contribution in [0, 0.1) is 0 Å². The molecule has 1 atom stereocenters. The average Bonchev–Trinajstić information content (AvgIpc) is 2.46. The second-order valence-corrected chi connectivity index (χ2v) is 3.02. The number of rotatable bonds is 1. The van der Waals surface area contributed by atoms with Gasteiger partial charge in [0, 0.05) is 6.42 Å². The number of para-hydroxylation sites is 1. The van der Waals surface area contributed by atoms with Crippen LogP contribution in [0.2, 0.25) is 0 Å². The van der Waals surface area contributed by atoms with Crippen LogP contribution in [0.5, 0.6) is 0 Å². The van der Waals surface area contributed by atoms with Crippen molar-refractivity contribution in [2.24, 2.45) is 4.99 Å². The Bertz CT molecular complexity index is 328. The molecule has 1 aromatic carbocycles. The van der Waals surface area contributed by atoms with Crippen molar-refractivity contribution in [3.8, 4) is 0 Å². The Labute approximate surface area is 70.9 Å². The van der Waals surface area contributed by atoms with Crippen molar-refractivity contribution in [2.75, 3.05) is 0 Å².